The van der Waals surface area contributed by atoms with Crippen LogP contribution in [0.5, 0.6) is 0 Å². The van der Waals surface area contributed by atoms with Gasteiger partial charge in [-0.25, -0.2) is 4.98 Å². The van der Waals surface area contributed by atoms with Crippen molar-refractivity contribution in [1.29, 1.82) is 0 Å². The first kappa shape index (κ1) is 13.6. The second-order valence-corrected chi connectivity index (χ2v) is 4.91. The second-order valence-electron chi connectivity index (χ2n) is 3.88. The van der Waals surface area contributed by atoms with Gasteiger partial charge in [-0.05, 0) is 36.4 Å². The Kier molecular flexibility index (Phi) is 3.93. The smallest absolute Gasteiger partial charge is 0.178 e. The number of fused-ring (bicyclic) bond motifs is 1. The highest BCUT2D eigenvalue weighted by molar-refractivity contribution is 7.18. The van der Waals surface area contributed by atoms with Crippen LogP contribution in [0.3, 0.4) is 0 Å². The number of hydrogen-bond donors (Lipinski definition) is 1. The number of hydrogen-bond acceptors (Lipinski definition) is 4. The molecule has 3 rings (SSSR count). The van der Waals surface area contributed by atoms with Crippen molar-refractivity contribution in [2.75, 3.05) is 0 Å². The summed E-state index contributed by atoms with van der Waals surface area (Å²) in [6, 6.07) is 7.71. The van der Waals surface area contributed by atoms with E-state index < -0.39 is 5.60 Å². The molecule has 4 heteroatoms. The molecule has 0 fully saturated rings. The molecule has 0 atom stereocenters. The molecule has 0 spiro atoms. The lowest BCUT2D eigenvalue weighted by Gasteiger charge is -2.19. The molecular formula is C15H15NO2S. The minimum atomic E-state index is -1.25. The number of aromatic nitrogens is 1. The number of allylic oxidation sites excluding steroid dienone is 2. The average Bonchev–Trinajstić information content (AvgIpc) is 2.89. The van der Waals surface area contributed by atoms with Gasteiger partial charge in [0.25, 0.3) is 0 Å². The van der Waals surface area contributed by atoms with E-state index in [0.717, 1.165) is 10.2 Å². The van der Waals surface area contributed by atoms with Crippen molar-refractivity contribution in [3.63, 3.8) is 0 Å². The summed E-state index contributed by atoms with van der Waals surface area (Å²) in [7, 11) is 0. The van der Waals surface area contributed by atoms with Gasteiger partial charge in [-0.3, -0.25) is 4.79 Å². The van der Waals surface area contributed by atoms with Crippen LogP contribution in [0.4, 0.5) is 0 Å². The number of ketones is 1. The Morgan fingerprint density at radius 1 is 1.16 bits per heavy atom. The Morgan fingerprint density at radius 2 is 1.79 bits per heavy atom. The van der Waals surface area contributed by atoms with Crippen LogP contribution in [0.25, 0.3) is 10.2 Å². The summed E-state index contributed by atoms with van der Waals surface area (Å²) in [4.78, 5) is 15.4. The van der Waals surface area contributed by atoms with Crippen LogP contribution < -0.4 is 0 Å². The lowest BCUT2D eigenvalue weighted by Crippen LogP contribution is -2.22. The van der Waals surface area contributed by atoms with Crippen LogP contribution in [-0.4, -0.2) is 15.9 Å². The van der Waals surface area contributed by atoms with Gasteiger partial charge in [-0.2, -0.15) is 0 Å². The largest absolute Gasteiger partial charge is 0.375 e. The average molecular weight is 273 g/mol. The zero-order valence-electron chi connectivity index (χ0n) is 10.8. The minimum absolute atomic E-state index is 0.115. The molecule has 1 aromatic heterocycles. The van der Waals surface area contributed by atoms with E-state index in [1.54, 1.807) is 0 Å². The number of aliphatic hydroxyl groups is 1. The van der Waals surface area contributed by atoms with E-state index in [4.69, 9.17) is 0 Å². The van der Waals surface area contributed by atoms with Crippen molar-refractivity contribution < 1.29 is 9.90 Å². The Balaban J connectivity index is 0.000000637. The number of carbonyl (C=O) groups is 1. The van der Waals surface area contributed by atoms with Gasteiger partial charge in [0, 0.05) is 0 Å². The van der Waals surface area contributed by atoms with Gasteiger partial charge in [-0.15, -0.1) is 11.3 Å². The van der Waals surface area contributed by atoms with E-state index in [-0.39, 0.29) is 5.78 Å². The van der Waals surface area contributed by atoms with E-state index in [1.807, 2.05) is 38.1 Å². The van der Waals surface area contributed by atoms with Gasteiger partial charge in [0.05, 0.1) is 10.2 Å². The summed E-state index contributed by atoms with van der Waals surface area (Å²) >= 11 is 1.43. The number of benzene rings is 1. The first-order valence-electron chi connectivity index (χ1n) is 6.18. The number of rotatable bonds is 1. The van der Waals surface area contributed by atoms with Crippen LogP contribution >= 0.6 is 11.3 Å². The standard InChI is InChI=1S/C13H9NO2S.C2H6/c15-9-5-7-13(16,8-6-9)12-14-10-3-1-2-4-11(10)17-12;1-2/h1-8,16H;1-2H3. The number of nitrogens with zero attached hydrogens (tertiary/aromatic N) is 1. The van der Waals surface area contributed by atoms with Crippen molar-refractivity contribution in [3.05, 3.63) is 53.6 Å². The molecule has 1 heterocycles. The van der Waals surface area contributed by atoms with E-state index in [1.165, 1.54) is 35.6 Å². The fourth-order valence-electron chi connectivity index (χ4n) is 1.72. The van der Waals surface area contributed by atoms with Crippen molar-refractivity contribution in [2.24, 2.45) is 0 Å². The molecule has 1 aromatic carbocycles. The molecule has 2 aromatic rings. The third kappa shape index (κ3) is 2.64. The molecule has 1 aliphatic carbocycles. The van der Waals surface area contributed by atoms with Gasteiger partial charge in [0.15, 0.2) is 11.4 Å². The number of para-hydroxylation sites is 1. The minimum Gasteiger partial charge on any atom is -0.375 e. The molecule has 0 saturated heterocycles. The summed E-state index contributed by atoms with van der Waals surface area (Å²) in [6.45, 7) is 4.00. The lowest BCUT2D eigenvalue weighted by molar-refractivity contribution is -0.110. The molecule has 0 amide bonds. The molecule has 0 saturated carbocycles. The van der Waals surface area contributed by atoms with Crippen molar-refractivity contribution in [2.45, 2.75) is 19.4 Å². The van der Waals surface area contributed by atoms with Crippen LogP contribution in [0.1, 0.15) is 18.9 Å². The zero-order chi connectivity index (χ0) is 13.9. The number of thiazole rings is 1. The van der Waals surface area contributed by atoms with E-state index in [2.05, 4.69) is 4.98 Å². The van der Waals surface area contributed by atoms with Crippen LogP contribution in [0.15, 0.2) is 48.6 Å². The fraction of sp³-hybridized carbons (Fsp3) is 0.200. The van der Waals surface area contributed by atoms with Crippen molar-refractivity contribution in [1.82, 2.24) is 4.98 Å². The summed E-state index contributed by atoms with van der Waals surface area (Å²) in [5, 5.41) is 11.0. The van der Waals surface area contributed by atoms with Crippen LogP contribution in [-0.2, 0) is 10.4 Å². The quantitative estimate of drug-likeness (QED) is 0.868. The Bertz CT molecular complexity index is 606. The molecular weight excluding hydrogens is 258 g/mol. The highest BCUT2D eigenvalue weighted by Crippen LogP contribution is 2.33. The molecule has 98 valence electrons. The van der Waals surface area contributed by atoms with Crippen LogP contribution in [0, 0.1) is 0 Å². The van der Waals surface area contributed by atoms with E-state index >= 15 is 0 Å². The first-order chi connectivity index (χ1) is 9.17. The highest BCUT2D eigenvalue weighted by Gasteiger charge is 2.29. The van der Waals surface area contributed by atoms with Gasteiger partial charge < -0.3 is 5.11 Å². The maximum absolute atomic E-state index is 11.1. The highest BCUT2D eigenvalue weighted by atomic mass is 32.1. The molecule has 0 bridgehead atoms. The summed E-state index contributed by atoms with van der Waals surface area (Å²) in [5.74, 6) is -0.115. The molecule has 1 N–H and O–H groups in total. The molecule has 3 nitrogen and oxygen atoms in total. The summed E-state index contributed by atoms with van der Waals surface area (Å²) in [6.07, 6.45) is 5.69. The fourth-order valence-corrected chi connectivity index (χ4v) is 2.73. The molecule has 0 unspecified atom stereocenters. The van der Waals surface area contributed by atoms with Gasteiger partial charge in [0.2, 0.25) is 0 Å². The summed E-state index contributed by atoms with van der Waals surface area (Å²) < 4.78 is 1.02. The maximum atomic E-state index is 11.1. The van der Waals surface area contributed by atoms with E-state index in [9.17, 15) is 9.90 Å². The Morgan fingerprint density at radius 3 is 2.42 bits per heavy atom. The van der Waals surface area contributed by atoms with Gasteiger partial charge in [-0.1, -0.05) is 26.0 Å². The van der Waals surface area contributed by atoms with Crippen molar-refractivity contribution >= 4 is 27.3 Å². The third-order valence-electron chi connectivity index (χ3n) is 2.64. The SMILES string of the molecule is CC.O=C1C=CC(O)(c2nc3ccccc3s2)C=C1. The Hall–Kier alpha value is -1.78. The first-order valence-corrected chi connectivity index (χ1v) is 7.00. The Labute approximate surface area is 115 Å². The van der Waals surface area contributed by atoms with E-state index in [0.29, 0.717) is 5.01 Å². The third-order valence-corrected chi connectivity index (χ3v) is 3.82. The van der Waals surface area contributed by atoms with Gasteiger partial charge >= 0.3 is 0 Å². The topological polar surface area (TPSA) is 50.2 Å². The predicted octanol–water partition coefficient (Wildman–Crippen LogP) is 3.21. The lowest BCUT2D eigenvalue weighted by atomic mass is 9.98. The van der Waals surface area contributed by atoms with Gasteiger partial charge in [0.1, 0.15) is 5.01 Å². The zero-order valence-corrected chi connectivity index (χ0v) is 11.6. The maximum Gasteiger partial charge on any atom is 0.178 e. The molecule has 0 aliphatic heterocycles. The molecule has 1 aliphatic rings. The molecule has 19 heavy (non-hydrogen) atoms. The number of carbonyl (C=O) groups excluding carboxylic acids is 1. The summed E-state index contributed by atoms with van der Waals surface area (Å²) in [5.41, 5.74) is -0.392. The second kappa shape index (κ2) is 5.47. The predicted molar refractivity (Wildman–Crippen MR) is 78.2 cm³/mol. The normalized spacial score (nSPS) is 16.3. The monoisotopic (exact) mass is 273 g/mol. The van der Waals surface area contributed by atoms with Crippen LogP contribution in [0.2, 0.25) is 0 Å². The van der Waals surface area contributed by atoms with Crippen molar-refractivity contribution in [3.8, 4) is 0 Å². The molecule has 0 radical (unpaired) electrons.